The van der Waals surface area contributed by atoms with Crippen LogP contribution in [0.3, 0.4) is 0 Å². The molecular formula is C6H14N2O2. The molecule has 10 heavy (non-hydrogen) atoms. The lowest BCUT2D eigenvalue weighted by atomic mass is 10.4. The lowest BCUT2D eigenvalue weighted by molar-refractivity contribution is 0.137. The number of carbonyl (C=O) groups excluding carboxylic acids is 1. The Labute approximate surface area is 60.6 Å². The first-order chi connectivity index (χ1) is 4.70. The Bertz CT molecular complexity index is 106. The lowest BCUT2D eigenvalue weighted by Gasteiger charge is -2.09. The van der Waals surface area contributed by atoms with Crippen LogP contribution in [0.25, 0.3) is 0 Å². The normalized spacial score (nSPS) is 12.3. The Morgan fingerprint density at radius 1 is 1.60 bits per heavy atom. The van der Waals surface area contributed by atoms with Crippen LogP contribution in [0.1, 0.15) is 20.3 Å². The average Bonchev–Trinajstić information content (AvgIpc) is 1.88. The van der Waals surface area contributed by atoms with Crippen molar-refractivity contribution >= 4 is 6.03 Å². The zero-order valence-corrected chi connectivity index (χ0v) is 6.35. The van der Waals surface area contributed by atoms with Crippen molar-refractivity contribution in [1.82, 2.24) is 10.6 Å². The van der Waals surface area contributed by atoms with Gasteiger partial charge in [0.25, 0.3) is 0 Å². The second kappa shape index (κ2) is 5.05. The van der Waals surface area contributed by atoms with E-state index < -0.39 is 6.23 Å². The topological polar surface area (TPSA) is 61.4 Å². The van der Waals surface area contributed by atoms with E-state index in [-0.39, 0.29) is 6.03 Å². The fourth-order valence-corrected chi connectivity index (χ4v) is 0.465. The van der Waals surface area contributed by atoms with E-state index in [0.29, 0.717) is 13.0 Å². The molecule has 0 aromatic carbocycles. The van der Waals surface area contributed by atoms with Gasteiger partial charge in [0.2, 0.25) is 0 Å². The molecule has 0 saturated heterocycles. The summed E-state index contributed by atoms with van der Waals surface area (Å²) in [5.74, 6) is 0. The van der Waals surface area contributed by atoms with Gasteiger partial charge in [-0.25, -0.2) is 4.79 Å². The molecule has 0 fully saturated rings. The number of urea groups is 1. The summed E-state index contributed by atoms with van der Waals surface area (Å²) in [4.78, 5) is 10.6. The highest BCUT2D eigenvalue weighted by Gasteiger charge is 2.02. The van der Waals surface area contributed by atoms with Crippen LogP contribution in [0.2, 0.25) is 0 Å². The van der Waals surface area contributed by atoms with Crippen LogP contribution in [-0.2, 0) is 0 Å². The van der Waals surface area contributed by atoms with Crippen molar-refractivity contribution in [2.75, 3.05) is 6.54 Å². The fraction of sp³-hybridized carbons (Fsp3) is 0.833. The third-order valence-corrected chi connectivity index (χ3v) is 1.02. The number of hydrogen-bond acceptors (Lipinski definition) is 2. The SMILES string of the molecule is CCNC(=O)NC(O)CC. The molecular weight excluding hydrogens is 132 g/mol. The fourth-order valence-electron chi connectivity index (χ4n) is 0.465. The molecule has 0 aliphatic rings. The van der Waals surface area contributed by atoms with Crippen molar-refractivity contribution in [1.29, 1.82) is 0 Å². The molecule has 0 aliphatic heterocycles. The Morgan fingerprint density at radius 2 is 2.20 bits per heavy atom. The van der Waals surface area contributed by atoms with Gasteiger partial charge in [-0.2, -0.15) is 0 Å². The first-order valence-corrected chi connectivity index (χ1v) is 3.43. The van der Waals surface area contributed by atoms with E-state index >= 15 is 0 Å². The summed E-state index contributed by atoms with van der Waals surface area (Å²) in [5.41, 5.74) is 0. The van der Waals surface area contributed by atoms with Crippen LogP contribution in [0.5, 0.6) is 0 Å². The van der Waals surface area contributed by atoms with Crippen LogP contribution in [0, 0.1) is 0 Å². The van der Waals surface area contributed by atoms with E-state index in [4.69, 9.17) is 5.11 Å². The second-order valence-electron chi connectivity index (χ2n) is 1.93. The van der Waals surface area contributed by atoms with E-state index in [2.05, 4.69) is 10.6 Å². The molecule has 1 atom stereocenters. The summed E-state index contributed by atoms with van der Waals surface area (Å²) in [5, 5.41) is 13.7. The summed E-state index contributed by atoms with van der Waals surface area (Å²) in [7, 11) is 0. The molecule has 0 spiro atoms. The first-order valence-electron chi connectivity index (χ1n) is 3.43. The third kappa shape index (κ3) is 4.14. The van der Waals surface area contributed by atoms with Crippen LogP contribution in [-0.4, -0.2) is 23.9 Å². The molecule has 2 amide bonds. The van der Waals surface area contributed by atoms with Crippen molar-refractivity contribution in [2.45, 2.75) is 26.5 Å². The monoisotopic (exact) mass is 146 g/mol. The van der Waals surface area contributed by atoms with Gasteiger partial charge in [-0.3, -0.25) is 0 Å². The maximum Gasteiger partial charge on any atom is 0.316 e. The minimum atomic E-state index is -0.730. The van der Waals surface area contributed by atoms with E-state index in [1.54, 1.807) is 6.92 Å². The average molecular weight is 146 g/mol. The number of carbonyl (C=O) groups is 1. The molecule has 4 nitrogen and oxygen atoms in total. The molecule has 4 heteroatoms. The molecule has 1 unspecified atom stereocenters. The molecule has 60 valence electrons. The van der Waals surface area contributed by atoms with Crippen molar-refractivity contribution in [3.8, 4) is 0 Å². The smallest absolute Gasteiger partial charge is 0.316 e. The van der Waals surface area contributed by atoms with Crippen molar-refractivity contribution in [2.24, 2.45) is 0 Å². The summed E-state index contributed by atoms with van der Waals surface area (Å²) >= 11 is 0. The van der Waals surface area contributed by atoms with Crippen LogP contribution < -0.4 is 10.6 Å². The van der Waals surface area contributed by atoms with Crippen molar-refractivity contribution in [3.05, 3.63) is 0 Å². The molecule has 0 aliphatic carbocycles. The third-order valence-electron chi connectivity index (χ3n) is 1.02. The maximum absolute atomic E-state index is 10.6. The van der Waals surface area contributed by atoms with Crippen molar-refractivity contribution in [3.63, 3.8) is 0 Å². The van der Waals surface area contributed by atoms with E-state index in [1.807, 2.05) is 6.92 Å². The highest BCUT2D eigenvalue weighted by atomic mass is 16.3. The Morgan fingerprint density at radius 3 is 2.60 bits per heavy atom. The summed E-state index contributed by atoms with van der Waals surface area (Å²) in [6.07, 6.45) is -0.205. The molecule has 0 heterocycles. The highest BCUT2D eigenvalue weighted by Crippen LogP contribution is 1.82. The van der Waals surface area contributed by atoms with Gasteiger partial charge in [-0.1, -0.05) is 6.92 Å². The number of aliphatic hydroxyl groups excluding tert-OH is 1. The number of rotatable bonds is 3. The Balaban J connectivity index is 3.37. The number of aliphatic hydroxyl groups is 1. The molecule has 0 aromatic heterocycles. The quantitative estimate of drug-likeness (QED) is 0.492. The van der Waals surface area contributed by atoms with Gasteiger partial charge >= 0.3 is 6.03 Å². The van der Waals surface area contributed by atoms with Crippen LogP contribution in [0.15, 0.2) is 0 Å². The van der Waals surface area contributed by atoms with Gasteiger partial charge in [0.05, 0.1) is 0 Å². The summed E-state index contributed by atoms with van der Waals surface area (Å²) in [6.45, 7) is 4.18. The predicted molar refractivity (Wildman–Crippen MR) is 38.5 cm³/mol. The molecule has 0 saturated carbocycles. The summed E-state index contributed by atoms with van der Waals surface area (Å²) < 4.78 is 0. The predicted octanol–water partition coefficient (Wildman–Crippen LogP) is 0.0339. The van der Waals surface area contributed by atoms with E-state index in [9.17, 15) is 4.79 Å². The van der Waals surface area contributed by atoms with Gasteiger partial charge in [-0.15, -0.1) is 0 Å². The van der Waals surface area contributed by atoms with E-state index in [1.165, 1.54) is 0 Å². The van der Waals surface area contributed by atoms with Gasteiger partial charge in [0.1, 0.15) is 6.23 Å². The van der Waals surface area contributed by atoms with Crippen LogP contribution in [0.4, 0.5) is 4.79 Å². The zero-order valence-electron chi connectivity index (χ0n) is 6.35. The van der Waals surface area contributed by atoms with Gasteiger partial charge in [0.15, 0.2) is 0 Å². The van der Waals surface area contributed by atoms with Crippen molar-refractivity contribution < 1.29 is 9.90 Å². The zero-order chi connectivity index (χ0) is 7.98. The molecule has 0 aromatic rings. The number of amides is 2. The van der Waals surface area contributed by atoms with Gasteiger partial charge in [0, 0.05) is 6.54 Å². The number of nitrogens with one attached hydrogen (secondary N) is 2. The maximum atomic E-state index is 10.6. The largest absolute Gasteiger partial charge is 0.374 e. The molecule has 3 N–H and O–H groups in total. The van der Waals surface area contributed by atoms with Crippen LogP contribution >= 0.6 is 0 Å². The Hall–Kier alpha value is -0.770. The van der Waals surface area contributed by atoms with E-state index in [0.717, 1.165) is 0 Å². The molecule has 0 rings (SSSR count). The first kappa shape index (κ1) is 9.23. The minimum absolute atomic E-state index is 0.322. The molecule has 0 bridgehead atoms. The lowest BCUT2D eigenvalue weighted by Crippen LogP contribution is -2.41. The summed E-state index contributed by atoms with van der Waals surface area (Å²) in [6, 6.07) is -0.322. The standard InChI is InChI=1S/C6H14N2O2/c1-3-5(9)8-6(10)7-4-2/h5,9H,3-4H2,1-2H3,(H2,7,8,10). The second-order valence-corrected chi connectivity index (χ2v) is 1.93. The minimum Gasteiger partial charge on any atom is -0.374 e. The number of hydrogen-bond donors (Lipinski definition) is 3. The molecule has 0 radical (unpaired) electrons. The van der Waals surface area contributed by atoms with Gasteiger partial charge in [-0.05, 0) is 13.3 Å². The Kier molecular flexibility index (Phi) is 4.66. The highest BCUT2D eigenvalue weighted by molar-refractivity contribution is 5.73. The van der Waals surface area contributed by atoms with Gasteiger partial charge < -0.3 is 15.7 Å².